The highest BCUT2D eigenvalue weighted by Crippen LogP contribution is 2.56. The molecule has 2 aliphatic carbocycles. The molecule has 0 radical (unpaired) electrons. The van der Waals surface area contributed by atoms with Crippen molar-refractivity contribution in [2.24, 2.45) is 23.7 Å². The van der Waals surface area contributed by atoms with Gasteiger partial charge in [0.15, 0.2) is 0 Å². The van der Waals surface area contributed by atoms with Crippen molar-refractivity contribution in [2.45, 2.75) is 19.3 Å². The minimum absolute atomic E-state index is 0.142. The summed E-state index contributed by atoms with van der Waals surface area (Å²) < 4.78 is 0. The second-order valence-corrected chi connectivity index (χ2v) is 8.14. The number of nitrogens with one attached hydrogen (secondary N) is 1. The largest absolute Gasteiger partial charge is 0.325 e. The lowest BCUT2D eigenvalue weighted by molar-refractivity contribution is -0.143. The van der Waals surface area contributed by atoms with E-state index in [1.165, 1.54) is 4.90 Å². The monoisotopic (exact) mass is 374 g/mol. The molecule has 5 heteroatoms. The number of hydrogen-bond acceptors (Lipinski definition) is 3. The SMILES string of the molecule is O=C(CN1C(=O)[C@H]2[C@H]3CC[C@@H](C3)[C@@H]2C1=O)Nc1ccc(-c2ccccc2)cc1. The van der Waals surface area contributed by atoms with Crippen LogP contribution in [0.2, 0.25) is 0 Å². The Kier molecular flexibility index (Phi) is 4.04. The summed E-state index contributed by atoms with van der Waals surface area (Å²) in [6, 6.07) is 17.6. The molecule has 5 nitrogen and oxygen atoms in total. The third-order valence-electron chi connectivity index (χ3n) is 6.60. The topological polar surface area (TPSA) is 66.5 Å². The van der Waals surface area contributed by atoms with Crippen molar-refractivity contribution in [3.05, 3.63) is 54.6 Å². The Labute approximate surface area is 163 Å². The van der Waals surface area contributed by atoms with E-state index in [1.807, 2.05) is 54.6 Å². The first-order valence-electron chi connectivity index (χ1n) is 9.92. The maximum absolute atomic E-state index is 12.7. The smallest absolute Gasteiger partial charge is 0.244 e. The number of fused-ring (bicyclic) bond motifs is 5. The number of imide groups is 1. The lowest BCUT2D eigenvalue weighted by atomic mass is 9.81. The van der Waals surface area contributed by atoms with E-state index in [9.17, 15) is 14.4 Å². The van der Waals surface area contributed by atoms with Gasteiger partial charge in [0.2, 0.25) is 17.7 Å². The first kappa shape index (κ1) is 17.2. The minimum Gasteiger partial charge on any atom is -0.325 e. The van der Waals surface area contributed by atoms with E-state index in [1.54, 1.807) is 0 Å². The molecule has 2 bridgehead atoms. The molecule has 0 spiro atoms. The Balaban J connectivity index is 1.24. The fourth-order valence-corrected chi connectivity index (χ4v) is 5.35. The van der Waals surface area contributed by atoms with Gasteiger partial charge in [-0.1, -0.05) is 42.5 Å². The number of likely N-dealkylation sites (tertiary alicyclic amines) is 1. The Morgan fingerprint density at radius 1 is 0.857 bits per heavy atom. The fraction of sp³-hybridized carbons (Fsp3) is 0.348. The number of amides is 3. The molecular weight excluding hydrogens is 352 g/mol. The molecular formula is C23H22N2O3. The van der Waals surface area contributed by atoms with Gasteiger partial charge in [0.1, 0.15) is 6.54 Å². The summed E-state index contributed by atoms with van der Waals surface area (Å²) in [4.78, 5) is 39.0. The number of hydrogen-bond donors (Lipinski definition) is 1. The van der Waals surface area contributed by atoms with Crippen LogP contribution in [-0.2, 0) is 14.4 Å². The van der Waals surface area contributed by atoms with Crippen LogP contribution in [0.1, 0.15) is 19.3 Å². The summed E-state index contributed by atoms with van der Waals surface area (Å²) in [6.07, 6.45) is 3.08. The quantitative estimate of drug-likeness (QED) is 0.835. The average Bonchev–Trinajstić information content (AvgIpc) is 3.39. The van der Waals surface area contributed by atoms with Gasteiger partial charge in [-0.05, 0) is 54.4 Å². The minimum atomic E-state index is -0.332. The molecule has 3 amide bonds. The molecule has 3 aliphatic rings. The number of carbonyl (C=O) groups is 3. The van der Waals surface area contributed by atoms with E-state index in [0.29, 0.717) is 17.5 Å². The first-order chi connectivity index (χ1) is 13.6. The van der Waals surface area contributed by atoms with Gasteiger partial charge < -0.3 is 5.32 Å². The van der Waals surface area contributed by atoms with Gasteiger partial charge >= 0.3 is 0 Å². The van der Waals surface area contributed by atoms with Crippen LogP contribution in [-0.4, -0.2) is 29.2 Å². The molecule has 1 saturated heterocycles. The Morgan fingerprint density at radius 3 is 2.04 bits per heavy atom. The van der Waals surface area contributed by atoms with Crippen molar-refractivity contribution in [2.75, 3.05) is 11.9 Å². The van der Waals surface area contributed by atoms with Crippen molar-refractivity contribution in [3.63, 3.8) is 0 Å². The third-order valence-corrected chi connectivity index (χ3v) is 6.60. The standard InChI is InChI=1S/C23H22N2O3/c26-19(24-18-10-8-15(9-11-18)14-4-2-1-3-5-14)13-25-22(27)20-16-6-7-17(12-16)21(20)23(25)28/h1-5,8-11,16-17,20-21H,6-7,12-13H2,(H,24,26)/t16-,17-,20-,21-/m0/s1. The lowest BCUT2D eigenvalue weighted by Crippen LogP contribution is -2.39. The van der Waals surface area contributed by atoms with Gasteiger partial charge in [-0.2, -0.15) is 0 Å². The summed E-state index contributed by atoms with van der Waals surface area (Å²) in [5.41, 5.74) is 2.82. The lowest BCUT2D eigenvalue weighted by Gasteiger charge is -2.19. The van der Waals surface area contributed by atoms with Crippen LogP contribution in [0.25, 0.3) is 11.1 Å². The van der Waals surface area contributed by atoms with E-state index < -0.39 is 0 Å². The highest BCUT2D eigenvalue weighted by atomic mass is 16.2. The maximum atomic E-state index is 12.7. The van der Waals surface area contributed by atoms with Crippen LogP contribution in [0.15, 0.2) is 54.6 Å². The van der Waals surface area contributed by atoms with Crippen LogP contribution in [0.4, 0.5) is 5.69 Å². The maximum Gasteiger partial charge on any atom is 0.244 e. The van der Waals surface area contributed by atoms with Crippen molar-refractivity contribution < 1.29 is 14.4 Å². The molecule has 2 aromatic carbocycles. The number of anilines is 1. The molecule has 2 saturated carbocycles. The number of carbonyl (C=O) groups excluding carboxylic acids is 3. The summed E-state index contributed by atoms with van der Waals surface area (Å²) in [5.74, 6) is -0.293. The van der Waals surface area contributed by atoms with Crippen molar-refractivity contribution in [1.29, 1.82) is 0 Å². The molecule has 1 N–H and O–H groups in total. The van der Waals surface area contributed by atoms with Gasteiger partial charge in [-0.3, -0.25) is 19.3 Å². The summed E-state index contributed by atoms with van der Waals surface area (Å²) in [7, 11) is 0. The summed E-state index contributed by atoms with van der Waals surface area (Å²) in [5, 5.41) is 2.81. The predicted octanol–water partition coefficient (Wildman–Crippen LogP) is 3.32. The molecule has 0 unspecified atom stereocenters. The zero-order chi connectivity index (χ0) is 19.3. The van der Waals surface area contributed by atoms with Gasteiger partial charge in [-0.15, -0.1) is 0 Å². The molecule has 1 aliphatic heterocycles. The third kappa shape index (κ3) is 2.73. The van der Waals surface area contributed by atoms with Crippen LogP contribution < -0.4 is 5.32 Å². The zero-order valence-electron chi connectivity index (χ0n) is 15.5. The molecule has 1 heterocycles. The molecule has 0 aromatic heterocycles. The first-order valence-corrected chi connectivity index (χ1v) is 9.92. The van der Waals surface area contributed by atoms with Crippen molar-refractivity contribution in [1.82, 2.24) is 4.90 Å². The van der Waals surface area contributed by atoms with E-state index in [2.05, 4.69) is 5.32 Å². The molecule has 28 heavy (non-hydrogen) atoms. The molecule has 2 aromatic rings. The normalized spacial score (nSPS) is 27.9. The molecule has 3 fully saturated rings. The molecule has 5 rings (SSSR count). The molecule has 4 atom stereocenters. The fourth-order valence-electron chi connectivity index (χ4n) is 5.35. The Hall–Kier alpha value is -2.95. The van der Waals surface area contributed by atoms with Crippen LogP contribution >= 0.6 is 0 Å². The average molecular weight is 374 g/mol. The van der Waals surface area contributed by atoms with Crippen LogP contribution in [0, 0.1) is 23.7 Å². The zero-order valence-corrected chi connectivity index (χ0v) is 15.5. The van der Waals surface area contributed by atoms with Crippen LogP contribution in [0.5, 0.6) is 0 Å². The highest BCUT2D eigenvalue weighted by molar-refractivity contribution is 6.09. The summed E-state index contributed by atoms with van der Waals surface area (Å²) in [6.45, 7) is -0.190. The van der Waals surface area contributed by atoms with E-state index in [-0.39, 0.29) is 36.1 Å². The highest BCUT2D eigenvalue weighted by Gasteiger charge is 2.60. The number of nitrogens with zero attached hydrogens (tertiary/aromatic N) is 1. The van der Waals surface area contributed by atoms with Gasteiger partial charge in [0.25, 0.3) is 0 Å². The molecule has 142 valence electrons. The second-order valence-electron chi connectivity index (χ2n) is 8.14. The predicted molar refractivity (Wildman–Crippen MR) is 105 cm³/mol. The van der Waals surface area contributed by atoms with Crippen LogP contribution in [0.3, 0.4) is 0 Å². The van der Waals surface area contributed by atoms with E-state index in [0.717, 1.165) is 30.4 Å². The second kappa shape index (κ2) is 6.59. The van der Waals surface area contributed by atoms with Crippen molar-refractivity contribution >= 4 is 23.4 Å². The number of rotatable bonds is 4. The summed E-state index contributed by atoms with van der Waals surface area (Å²) >= 11 is 0. The van der Waals surface area contributed by atoms with Crippen molar-refractivity contribution in [3.8, 4) is 11.1 Å². The Morgan fingerprint density at radius 2 is 1.43 bits per heavy atom. The van der Waals surface area contributed by atoms with E-state index >= 15 is 0 Å². The van der Waals surface area contributed by atoms with Gasteiger partial charge in [-0.25, -0.2) is 0 Å². The number of benzene rings is 2. The van der Waals surface area contributed by atoms with Gasteiger partial charge in [0, 0.05) is 5.69 Å². The van der Waals surface area contributed by atoms with E-state index in [4.69, 9.17) is 0 Å². The Bertz CT molecular complexity index is 910. The van der Waals surface area contributed by atoms with Gasteiger partial charge in [0.05, 0.1) is 11.8 Å².